The van der Waals surface area contributed by atoms with E-state index in [9.17, 15) is 9.59 Å². The summed E-state index contributed by atoms with van der Waals surface area (Å²) in [5.74, 6) is 0.134. The largest absolute Gasteiger partial charge is 0.479 e. The van der Waals surface area contributed by atoms with Crippen LogP contribution in [0.4, 0.5) is 0 Å². The molecule has 0 bridgehead atoms. The van der Waals surface area contributed by atoms with Gasteiger partial charge < -0.3 is 14.0 Å². The third-order valence-electron chi connectivity index (χ3n) is 2.86. The van der Waals surface area contributed by atoms with Crippen molar-refractivity contribution in [1.82, 2.24) is 4.57 Å². The Morgan fingerprint density at radius 3 is 2.55 bits per heavy atom. The first-order valence-corrected chi connectivity index (χ1v) is 6.13. The van der Waals surface area contributed by atoms with Crippen LogP contribution in [0.3, 0.4) is 0 Å². The second-order valence-corrected chi connectivity index (χ2v) is 4.20. The first-order chi connectivity index (χ1) is 9.65. The molecular formula is C15H15NO4. The summed E-state index contributed by atoms with van der Waals surface area (Å²) in [6.45, 7) is 1.62. The van der Waals surface area contributed by atoms with Gasteiger partial charge in [-0.25, -0.2) is 4.79 Å². The zero-order valence-electron chi connectivity index (χ0n) is 11.3. The number of rotatable bonds is 5. The maximum absolute atomic E-state index is 11.3. The molecule has 104 valence electrons. The third-order valence-corrected chi connectivity index (χ3v) is 2.86. The number of nitrogens with zero attached hydrogens (tertiary/aromatic N) is 1. The standard InChI is InChI=1S/C15H15NO4/c1-11(15(18)19-2)20-14-7-5-12(6-8-14)16-9-3-4-13(16)10-17/h3-11H,1-2H3. The van der Waals surface area contributed by atoms with E-state index in [0.717, 1.165) is 12.0 Å². The fourth-order valence-electron chi connectivity index (χ4n) is 1.83. The third kappa shape index (κ3) is 2.88. The van der Waals surface area contributed by atoms with Crippen molar-refractivity contribution >= 4 is 12.3 Å². The van der Waals surface area contributed by atoms with Gasteiger partial charge in [-0.1, -0.05) is 0 Å². The Morgan fingerprint density at radius 2 is 1.95 bits per heavy atom. The van der Waals surface area contributed by atoms with Gasteiger partial charge in [0.1, 0.15) is 5.75 Å². The Labute approximate surface area is 116 Å². The van der Waals surface area contributed by atoms with Crippen molar-refractivity contribution in [2.75, 3.05) is 7.11 Å². The molecule has 2 rings (SSSR count). The molecular weight excluding hydrogens is 258 g/mol. The molecule has 0 fully saturated rings. The van der Waals surface area contributed by atoms with Gasteiger partial charge in [-0.3, -0.25) is 4.79 Å². The molecule has 1 atom stereocenters. The molecule has 0 amide bonds. The molecule has 0 saturated heterocycles. The zero-order valence-corrected chi connectivity index (χ0v) is 11.3. The lowest BCUT2D eigenvalue weighted by Gasteiger charge is -2.13. The Bertz CT molecular complexity index is 601. The van der Waals surface area contributed by atoms with Crippen LogP contribution in [0.2, 0.25) is 0 Å². The predicted molar refractivity (Wildman–Crippen MR) is 73.3 cm³/mol. The van der Waals surface area contributed by atoms with Crippen molar-refractivity contribution < 1.29 is 19.1 Å². The van der Waals surface area contributed by atoms with Crippen LogP contribution >= 0.6 is 0 Å². The molecule has 1 heterocycles. The molecule has 0 N–H and O–H groups in total. The van der Waals surface area contributed by atoms with E-state index < -0.39 is 12.1 Å². The molecule has 1 unspecified atom stereocenters. The highest BCUT2D eigenvalue weighted by atomic mass is 16.6. The number of carbonyl (C=O) groups is 2. The monoisotopic (exact) mass is 273 g/mol. The summed E-state index contributed by atoms with van der Waals surface area (Å²) in [6, 6.07) is 10.6. The van der Waals surface area contributed by atoms with Gasteiger partial charge in [0.05, 0.1) is 12.8 Å². The average molecular weight is 273 g/mol. The summed E-state index contributed by atoms with van der Waals surface area (Å²) >= 11 is 0. The summed E-state index contributed by atoms with van der Waals surface area (Å²) in [4.78, 5) is 22.1. The van der Waals surface area contributed by atoms with Crippen LogP contribution in [0.1, 0.15) is 17.4 Å². The van der Waals surface area contributed by atoms with Crippen LogP contribution in [0.5, 0.6) is 5.75 Å². The summed E-state index contributed by atoms with van der Waals surface area (Å²) in [5, 5.41) is 0. The van der Waals surface area contributed by atoms with Gasteiger partial charge in [-0.2, -0.15) is 0 Å². The molecule has 0 saturated carbocycles. The summed E-state index contributed by atoms with van der Waals surface area (Å²) in [5.41, 5.74) is 1.41. The van der Waals surface area contributed by atoms with Crippen molar-refractivity contribution in [3.8, 4) is 11.4 Å². The van der Waals surface area contributed by atoms with Crippen LogP contribution in [0.25, 0.3) is 5.69 Å². The number of aldehydes is 1. The minimum Gasteiger partial charge on any atom is -0.479 e. The molecule has 5 heteroatoms. The van der Waals surface area contributed by atoms with Gasteiger partial charge in [0, 0.05) is 11.9 Å². The van der Waals surface area contributed by atoms with Crippen LogP contribution in [0.15, 0.2) is 42.6 Å². The topological polar surface area (TPSA) is 57.5 Å². The Kier molecular flexibility index (Phi) is 4.20. The van der Waals surface area contributed by atoms with Crippen LogP contribution in [-0.2, 0) is 9.53 Å². The smallest absolute Gasteiger partial charge is 0.346 e. The predicted octanol–water partition coefficient (Wildman–Crippen LogP) is 2.23. The van der Waals surface area contributed by atoms with E-state index in [0.29, 0.717) is 11.4 Å². The molecule has 0 aliphatic rings. The maximum Gasteiger partial charge on any atom is 0.346 e. The normalized spacial score (nSPS) is 11.7. The molecule has 1 aromatic heterocycles. The minimum atomic E-state index is -0.664. The van der Waals surface area contributed by atoms with E-state index in [4.69, 9.17) is 4.74 Å². The summed E-state index contributed by atoms with van der Waals surface area (Å²) < 4.78 is 11.8. The Hall–Kier alpha value is -2.56. The van der Waals surface area contributed by atoms with E-state index in [-0.39, 0.29) is 0 Å². The minimum absolute atomic E-state index is 0.428. The quantitative estimate of drug-likeness (QED) is 0.619. The number of carbonyl (C=O) groups excluding carboxylic acids is 2. The van der Waals surface area contributed by atoms with Gasteiger partial charge in [0.15, 0.2) is 12.4 Å². The lowest BCUT2D eigenvalue weighted by molar-refractivity contribution is -0.147. The molecule has 0 spiro atoms. The number of ether oxygens (including phenoxy) is 2. The fraction of sp³-hybridized carbons (Fsp3) is 0.200. The molecule has 2 aromatic rings. The second kappa shape index (κ2) is 6.06. The zero-order chi connectivity index (χ0) is 14.5. The van der Waals surface area contributed by atoms with E-state index >= 15 is 0 Å². The molecule has 1 aromatic carbocycles. The van der Waals surface area contributed by atoms with Crippen LogP contribution < -0.4 is 4.74 Å². The van der Waals surface area contributed by atoms with Crippen LogP contribution in [-0.4, -0.2) is 30.0 Å². The summed E-state index contributed by atoms with van der Waals surface area (Å²) in [6.07, 6.45) is 1.93. The number of methoxy groups -OCH3 is 1. The van der Waals surface area contributed by atoms with Crippen molar-refractivity contribution in [2.45, 2.75) is 13.0 Å². The number of aromatic nitrogens is 1. The number of hydrogen-bond donors (Lipinski definition) is 0. The highest BCUT2D eigenvalue weighted by Crippen LogP contribution is 2.18. The molecule has 20 heavy (non-hydrogen) atoms. The van der Waals surface area contributed by atoms with E-state index in [1.165, 1.54) is 7.11 Å². The van der Waals surface area contributed by atoms with Gasteiger partial charge in [0.2, 0.25) is 0 Å². The van der Waals surface area contributed by atoms with Gasteiger partial charge in [-0.05, 0) is 43.3 Å². The molecule has 0 aliphatic heterocycles. The second-order valence-electron chi connectivity index (χ2n) is 4.20. The first-order valence-electron chi connectivity index (χ1n) is 6.13. The van der Waals surface area contributed by atoms with Crippen molar-refractivity contribution in [2.24, 2.45) is 0 Å². The van der Waals surface area contributed by atoms with Crippen molar-refractivity contribution in [3.05, 3.63) is 48.3 Å². The lowest BCUT2D eigenvalue weighted by Crippen LogP contribution is -2.24. The van der Waals surface area contributed by atoms with E-state index in [1.807, 2.05) is 12.1 Å². The Morgan fingerprint density at radius 1 is 1.25 bits per heavy atom. The van der Waals surface area contributed by atoms with Gasteiger partial charge >= 0.3 is 5.97 Å². The van der Waals surface area contributed by atoms with Gasteiger partial charge in [0.25, 0.3) is 0 Å². The summed E-state index contributed by atoms with van der Waals surface area (Å²) in [7, 11) is 1.32. The lowest BCUT2D eigenvalue weighted by atomic mass is 10.3. The average Bonchev–Trinajstić information content (AvgIpc) is 2.95. The van der Waals surface area contributed by atoms with Crippen LogP contribution in [0, 0.1) is 0 Å². The molecule has 5 nitrogen and oxygen atoms in total. The SMILES string of the molecule is COC(=O)C(C)Oc1ccc(-n2cccc2C=O)cc1. The highest BCUT2D eigenvalue weighted by molar-refractivity contribution is 5.74. The fourth-order valence-corrected chi connectivity index (χ4v) is 1.83. The van der Waals surface area contributed by atoms with E-state index in [2.05, 4.69) is 4.74 Å². The molecule has 0 radical (unpaired) electrons. The number of esters is 1. The first kappa shape index (κ1) is 13.9. The molecule has 0 aliphatic carbocycles. The van der Waals surface area contributed by atoms with Crippen molar-refractivity contribution in [3.63, 3.8) is 0 Å². The Balaban J connectivity index is 2.14. The van der Waals surface area contributed by atoms with Gasteiger partial charge in [-0.15, -0.1) is 0 Å². The highest BCUT2D eigenvalue weighted by Gasteiger charge is 2.14. The van der Waals surface area contributed by atoms with Crippen molar-refractivity contribution in [1.29, 1.82) is 0 Å². The van der Waals surface area contributed by atoms with E-state index in [1.54, 1.807) is 42.0 Å². The number of benzene rings is 1. The maximum atomic E-state index is 11.3. The number of hydrogen-bond acceptors (Lipinski definition) is 4.